The molecule has 0 N–H and O–H groups in total. The van der Waals surface area contributed by atoms with E-state index < -0.39 is 12.1 Å². The lowest BCUT2D eigenvalue weighted by atomic mass is 10.0. The Hall–Kier alpha value is -2.73. The molecule has 2 aromatic rings. The predicted molar refractivity (Wildman–Crippen MR) is 142 cm³/mol. The zero-order valence-corrected chi connectivity index (χ0v) is 22.4. The van der Waals surface area contributed by atoms with Gasteiger partial charge in [-0.3, -0.25) is 4.79 Å². The summed E-state index contributed by atoms with van der Waals surface area (Å²) in [4.78, 5) is 25.0. The number of hydrogen-bond acceptors (Lipinski definition) is 6. The Bertz CT molecular complexity index is 893. The third-order valence-electron chi connectivity index (χ3n) is 5.37. The van der Waals surface area contributed by atoms with Gasteiger partial charge in [0.15, 0.2) is 0 Å². The molecule has 0 aromatic heterocycles. The van der Waals surface area contributed by atoms with Crippen molar-refractivity contribution >= 4 is 23.7 Å². The third kappa shape index (κ3) is 10.6. The first kappa shape index (κ1) is 28.5. The summed E-state index contributed by atoms with van der Waals surface area (Å²) in [6.45, 7) is 14.2. The summed E-state index contributed by atoms with van der Waals surface area (Å²) in [6.07, 6.45) is 0.142. The van der Waals surface area contributed by atoms with Crippen molar-refractivity contribution in [1.29, 1.82) is 0 Å². The fourth-order valence-electron chi connectivity index (χ4n) is 3.14. The van der Waals surface area contributed by atoms with Crippen molar-refractivity contribution in [1.82, 2.24) is 0 Å². The smallest absolute Gasteiger partial charge is 0.333 e. The quantitative estimate of drug-likeness (QED) is 0.122. The Morgan fingerprint density at radius 2 is 1.49 bits per heavy atom. The molecule has 1 unspecified atom stereocenters. The average Bonchev–Trinajstić information content (AvgIpc) is 2.83. The molecular formula is C29H38O5S. The first-order valence-electron chi connectivity index (χ1n) is 12.1. The van der Waals surface area contributed by atoms with E-state index in [1.165, 1.54) is 11.1 Å². The lowest BCUT2D eigenvalue weighted by molar-refractivity contribution is -0.150. The van der Waals surface area contributed by atoms with Crippen LogP contribution in [-0.2, 0) is 19.1 Å². The van der Waals surface area contributed by atoms with Crippen LogP contribution in [0.15, 0.2) is 65.6 Å². The summed E-state index contributed by atoms with van der Waals surface area (Å²) < 4.78 is 16.7. The second-order valence-corrected chi connectivity index (χ2v) is 10.3. The topological polar surface area (TPSA) is 61.8 Å². The molecule has 0 bridgehead atoms. The number of carbonyl (C=O) groups excluding carboxylic acids is 2. The van der Waals surface area contributed by atoms with Crippen LogP contribution >= 0.6 is 11.8 Å². The van der Waals surface area contributed by atoms with Gasteiger partial charge in [0.1, 0.15) is 18.5 Å². The van der Waals surface area contributed by atoms with Crippen LogP contribution in [0, 0.1) is 0 Å². The molecule has 190 valence electrons. The molecule has 0 saturated heterocycles. The van der Waals surface area contributed by atoms with Crippen molar-refractivity contribution in [3.05, 3.63) is 71.8 Å². The van der Waals surface area contributed by atoms with Gasteiger partial charge >= 0.3 is 11.9 Å². The molecular weight excluding hydrogens is 460 g/mol. The van der Waals surface area contributed by atoms with Gasteiger partial charge in [-0.15, -0.1) is 11.8 Å². The third-order valence-corrected chi connectivity index (χ3v) is 6.51. The van der Waals surface area contributed by atoms with Crippen molar-refractivity contribution in [2.45, 2.75) is 70.3 Å². The van der Waals surface area contributed by atoms with E-state index in [0.29, 0.717) is 29.6 Å². The number of rotatable bonds is 14. The van der Waals surface area contributed by atoms with Gasteiger partial charge in [0.2, 0.25) is 0 Å². The highest BCUT2D eigenvalue weighted by Gasteiger charge is 2.17. The highest BCUT2D eigenvalue weighted by molar-refractivity contribution is 7.99. The molecule has 1 atom stereocenters. The van der Waals surface area contributed by atoms with Crippen LogP contribution in [0.5, 0.6) is 5.75 Å². The molecule has 0 aliphatic carbocycles. The first-order valence-corrected chi connectivity index (χ1v) is 13.1. The van der Waals surface area contributed by atoms with Gasteiger partial charge < -0.3 is 14.2 Å². The van der Waals surface area contributed by atoms with Gasteiger partial charge in [-0.2, -0.15) is 0 Å². The summed E-state index contributed by atoms with van der Waals surface area (Å²) in [7, 11) is 0. The van der Waals surface area contributed by atoms with Gasteiger partial charge in [0.25, 0.3) is 0 Å². The van der Waals surface area contributed by atoms with Crippen molar-refractivity contribution in [2.24, 2.45) is 0 Å². The van der Waals surface area contributed by atoms with Crippen molar-refractivity contribution in [3.63, 3.8) is 0 Å². The molecule has 2 rings (SSSR count). The van der Waals surface area contributed by atoms with E-state index >= 15 is 0 Å². The van der Waals surface area contributed by atoms with Gasteiger partial charge in [-0.1, -0.05) is 58.5 Å². The van der Waals surface area contributed by atoms with Gasteiger partial charge in [0.05, 0.1) is 6.61 Å². The predicted octanol–water partition coefficient (Wildman–Crippen LogP) is 6.92. The standard InChI is InChI=1S/C29H38O5S/c1-20(2)23-9-13-25(14-10-23)33-18-26(19-35-27-15-11-24(12-16-27)21(3)4)34-28(30)8-7-17-32-29(31)22(5)6/h9-16,20-21,26H,5,7-8,17-19H2,1-4,6H3. The molecule has 0 spiro atoms. The number of thioether (sulfide) groups is 1. The van der Waals surface area contributed by atoms with Crippen LogP contribution in [0.1, 0.15) is 70.4 Å². The van der Waals surface area contributed by atoms with E-state index in [1.807, 2.05) is 12.1 Å². The van der Waals surface area contributed by atoms with Crippen LogP contribution in [0.4, 0.5) is 0 Å². The molecule has 0 aliphatic rings. The minimum absolute atomic E-state index is 0.154. The molecule has 0 radical (unpaired) electrons. The second kappa shape index (κ2) is 14.6. The molecule has 0 fully saturated rings. The van der Waals surface area contributed by atoms with E-state index in [4.69, 9.17) is 14.2 Å². The average molecular weight is 499 g/mol. The summed E-state index contributed by atoms with van der Waals surface area (Å²) in [6, 6.07) is 16.5. The number of hydrogen-bond donors (Lipinski definition) is 0. The molecule has 35 heavy (non-hydrogen) atoms. The maximum atomic E-state index is 12.4. The lowest BCUT2D eigenvalue weighted by Gasteiger charge is -2.19. The Morgan fingerprint density at radius 1 is 0.914 bits per heavy atom. The zero-order chi connectivity index (χ0) is 25.8. The zero-order valence-electron chi connectivity index (χ0n) is 21.5. The number of carbonyl (C=O) groups is 2. The van der Waals surface area contributed by atoms with Crippen LogP contribution < -0.4 is 4.74 Å². The largest absolute Gasteiger partial charge is 0.490 e. The molecule has 2 aromatic carbocycles. The van der Waals surface area contributed by atoms with Gasteiger partial charge in [0, 0.05) is 22.6 Å². The highest BCUT2D eigenvalue weighted by atomic mass is 32.2. The Balaban J connectivity index is 1.93. The van der Waals surface area contributed by atoms with E-state index in [9.17, 15) is 9.59 Å². The van der Waals surface area contributed by atoms with E-state index in [-0.39, 0.29) is 25.6 Å². The van der Waals surface area contributed by atoms with Crippen molar-refractivity contribution in [2.75, 3.05) is 19.0 Å². The van der Waals surface area contributed by atoms with E-state index in [0.717, 1.165) is 10.6 Å². The highest BCUT2D eigenvalue weighted by Crippen LogP contribution is 2.24. The monoisotopic (exact) mass is 498 g/mol. The minimum atomic E-state index is -0.451. The lowest BCUT2D eigenvalue weighted by Crippen LogP contribution is -2.27. The second-order valence-electron chi connectivity index (χ2n) is 9.20. The molecule has 0 saturated carbocycles. The summed E-state index contributed by atoms with van der Waals surface area (Å²) in [5, 5.41) is 0. The number of ether oxygens (including phenoxy) is 3. The summed E-state index contributed by atoms with van der Waals surface area (Å²) in [5.41, 5.74) is 2.87. The van der Waals surface area contributed by atoms with Crippen LogP contribution in [-0.4, -0.2) is 37.0 Å². The Morgan fingerprint density at radius 3 is 2.03 bits per heavy atom. The van der Waals surface area contributed by atoms with Crippen LogP contribution in [0.2, 0.25) is 0 Å². The van der Waals surface area contributed by atoms with Gasteiger partial charge in [-0.05, 0) is 60.6 Å². The minimum Gasteiger partial charge on any atom is -0.490 e. The fourth-order valence-corrected chi connectivity index (χ4v) is 4.01. The van der Waals surface area contributed by atoms with Crippen LogP contribution in [0.3, 0.4) is 0 Å². The molecule has 0 aliphatic heterocycles. The van der Waals surface area contributed by atoms with E-state index in [1.54, 1.807) is 18.7 Å². The molecule has 6 heteroatoms. The number of esters is 2. The molecule has 0 amide bonds. The van der Waals surface area contributed by atoms with Crippen LogP contribution in [0.25, 0.3) is 0 Å². The fraction of sp³-hybridized carbons (Fsp3) is 0.448. The van der Waals surface area contributed by atoms with Crippen molar-refractivity contribution in [3.8, 4) is 5.75 Å². The van der Waals surface area contributed by atoms with Gasteiger partial charge in [-0.25, -0.2) is 4.79 Å². The maximum Gasteiger partial charge on any atom is 0.333 e. The maximum absolute atomic E-state index is 12.4. The molecule has 0 heterocycles. The summed E-state index contributed by atoms with van der Waals surface area (Å²) >= 11 is 1.63. The SMILES string of the molecule is C=C(C)C(=O)OCCCC(=O)OC(COc1ccc(C(C)C)cc1)CSc1ccc(C(C)C)cc1. The molecule has 5 nitrogen and oxygen atoms in total. The normalized spacial score (nSPS) is 11.9. The number of benzene rings is 2. The Kier molecular flexibility index (Phi) is 11.9. The summed E-state index contributed by atoms with van der Waals surface area (Å²) in [5.74, 6) is 1.46. The first-order chi connectivity index (χ1) is 16.7. The van der Waals surface area contributed by atoms with Crippen molar-refractivity contribution < 1.29 is 23.8 Å². The van der Waals surface area contributed by atoms with E-state index in [2.05, 4.69) is 70.7 Å². The Labute approximate surface area is 214 Å².